The van der Waals surface area contributed by atoms with Crippen molar-refractivity contribution in [3.8, 4) is 11.5 Å². The number of nitrogens with zero attached hydrogens (tertiary/aromatic N) is 4. The van der Waals surface area contributed by atoms with Crippen molar-refractivity contribution < 1.29 is 83.3 Å². The molecule has 9 nitrogen and oxygen atoms in total. The van der Waals surface area contributed by atoms with Gasteiger partial charge in [-0.05, 0) is 53.9 Å². The Balaban J connectivity index is 0.00000216. The molecule has 4 aromatic rings. The van der Waals surface area contributed by atoms with E-state index in [4.69, 9.17) is 21.2 Å². The molecular formula is C20H14ClN4Na2O5PS2. The van der Waals surface area contributed by atoms with E-state index in [9.17, 15) is 14.6 Å². The molecule has 1 atom stereocenters. The van der Waals surface area contributed by atoms with E-state index < -0.39 is 13.5 Å². The molecule has 0 saturated heterocycles. The van der Waals surface area contributed by atoms with E-state index >= 15 is 0 Å². The Hall–Kier alpha value is -0.660. The van der Waals surface area contributed by atoms with Crippen LogP contribution in [0.15, 0.2) is 76.1 Å². The minimum absolute atomic E-state index is 0. The molecule has 1 N–H and O–H groups in total. The van der Waals surface area contributed by atoms with Gasteiger partial charge in [-0.1, -0.05) is 34.7 Å². The number of benzene rings is 2. The number of aromatic nitrogens is 3. The molecule has 2 heterocycles. The van der Waals surface area contributed by atoms with Crippen molar-refractivity contribution in [3.05, 3.63) is 71.0 Å². The first kappa shape index (κ1) is 30.6. The molecule has 0 spiro atoms. The van der Waals surface area contributed by atoms with E-state index in [1.54, 1.807) is 24.5 Å². The Labute approximate surface area is 258 Å². The third kappa shape index (κ3) is 8.43. The van der Waals surface area contributed by atoms with Crippen LogP contribution in [0, 0.1) is 0 Å². The topological polar surface area (TPSA) is 136 Å². The molecule has 4 rings (SSSR count). The molecule has 1 unspecified atom stereocenters. The molecule has 35 heavy (non-hydrogen) atoms. The molecule has 0 aliphatic carbocycles. The second-order valence-electron chi connectivity index (χ2n) is 6.60. The number of aliphatic imine (C=N–C) groups is 1. The first-order chi connectivity index (χ1) is 15.7. The predicted octanol–water partition coefficient (Wildman–Crippen LogP) is -2.91. The number of aryl methyl sites for hydroxylation is 1. The van der Waals surface area contributed by atoms with Crippen LogP contribution in [0.3, 0.4) is 0 Å². The number of hydrogen-bond donors (Lipinski definition) is 1. The summed E-state index contributed by atoms with van der Waals surface area (Å²) in [6.45, 7) is 0. The summed E-state index contributed by atoms with van der Waals surface area (Å²) in [5.41, 5.74) is 0.256. The molecule has 0 saturated carbocycles. The van der Waals surface area contributed by atoms with Gasteiger partial charge in [0.15, 0.2) is 12.8 Å². The molecule has 0 aliphatic heterocycles. The molecule has 0 fully saturated rings. The maximum atomic E-state index is 12.8. The van der Waals surface area contributed by atoms with Gasteiger partial charge < -0.3 is 28.8 Å². The van der Waals surface area contributed by atoms with E-state index in [0.29, 0.717) is 25.9 Å². The molecule has 0 aliphatic rings. The van der Waals surface area contributed by atoms with Gasteiger partial charge >= 0.3 is 59.1 Å². The van der Waals surface area contributed by atoms with Crippen LogP contribution >= 0.6 is 42.3 Å². The maximum absolute atomic E-state index is 12.8. The third-order valence-corrected chi connectivity index (χ3v) is 7.18. The van der Waals surface area contributed by atoms with Crippen molar-refractivity contribution in [1.29, 1.82) is 0 Å². The number of thiazole rings is 1. The van der Waals surface area contributed by atoms with Gasteiger partial charge in [0, 0.05) is 29.6 Å². The number of halogens is 1. The largest absolute Gasteiger partial charge is 1.00 e. The Morgan fingerprint density at radius 1 is 1.20 bits per heavy atom. The van der Waals surface area contributed by atoms with Crippen LogP contribution in [0.4, 0.5) is 5.13 Å². The van der Waals surface area contributed by atoms with Crippen molar-refractivity contribution in [3.63, 3.8) is 0 Å². The molecular weight excluding hydrogens is 553 g/mol. The number of hydrogen-bond acceptors (Lipinski definition) is 9. The summed E-state index contributed by atoms with van der Waals surface area (Å²) < 4.78 is 19.4. The van der Waals surface area contributed by atoms with Crippen molar-refractivity contribution in [2.24, 2.45) is 12.0 Å². The SMILES string of the molecule is Cn1ccnc1Sc1cc(Oc2ccc(P(=O)([O-])O)cc2)cc(C([O-])=Nc2ncc(Cl)s2)c1.[Na+].[Na+]. The summed E-state index contributed by atoms with van der Waals surface area (Å²) in [6, 6.07) is 10.1. The van der Waals surface area contributed by atoms with Gasteiger partial charge in [-0.15, -0.1) is 0 Å². The summed E-state index contributed by atoms with van der Waals surface area (Å²) in [4.78, 5) is 33.4. The Kier molecular flexibility index (Phi) is 11.6. The summed E-state index contributed by atoms with van der Waals surface area (Å²) >= 11 is 8.27. The maximum Gasteiger partial charge on any atom is 1.00 e. The number of ether oxygens (including phenoxy) is 1. The number of rotatable bonds is 7. The van der Waals surface area contributed by atoms with Crippen LogP contribution in [0.1, 0.15) is 5.56 Å². The van der Waals surface area contributed by atoms with Gasteiger partial charge in [-0.25, -0.2) is 15.0 Å². The fourth-order valence-corrected chi connectivity index (χ4v) is 4.84. The predicted molar refractivity (Wildman–Crippen MR) is 123 cm³/mol. The van der Waals surface area contributed by atoms with Gasteiger partial charge in [-0.2, -0.15) is 0 Å². The first-order valence-corrected chi connectivity index (χ1v) is 12.8. The standard InChI is InChI=1S/C20H16ClN4O5PS2.2Na/c1-25-7-6-22-20(25)32-16-9-12(18(26)24-19-23-11-17(21)33-19)8-14(10-16)30-13-2-4-15(5-3-13)31(27,28)29;;/h2-11H,1H3,(H,23,24,26)(H2,27,28,29);;/q;2*+1/p-2. The molecule has 2 aromatic heterocycles. The van der Waals surface area contributed by atoms with Gasteiger partial charge in [0.1, 0.15) is 15.8 Å². The minimum Gasteiger partial charge on any atom is -0.858 e. The second kappa shape index (κ2) is 13.2. The fourth-order valence-electron chi connectivity index (χ4n) is 2.66. The average Bonchev–Trinajstić information content (AvgIpc) is 3.35. The van der Waals surface area contributed by atoms with Crippen LogP contribution in [0.25, 0.3) is 0 Å². The minimum atomic E-state index is -4.61. The fraction of sp³-hybridized carbons (Fsp3) is 0.0500. The molecule has 0 radical (unpaired) electrons. The Bertz CT molecular complexity index is 1380. The monoisotopic (exact) mass is 566 g/mol. The van der Waals surface area contributed by atoms with Crippen LogP contribution < -0.4 is 79.2 Å². The second-order valence-corrected chi connectivity index (χ2v) is 10.8. The molecule has 0 amide bonds. The quantitative estimate of drug-likeness (QED) is 0.109. The van der Waals surface area contributed by atoms with Gasteiger partial charge in [-0.3, -0.25) is 0 Å². The van der Waals surface area contributed by atoms with Crippen LogP contribution in [0.5, 0.6) is 11.5 Å². The van der Waals surface area contributed by atoms with Gasteiger partial charge in [0.25, 0.3) is 0 Å². The first-order valence-electron chi connectivity index (χ1n) is 9.17. The van der Waals surface area contributed by atoms with E-state index in [-0.39, 0.29) is 75.1 Å². The van der Waals surface area contributed by atoms with Crippen LogP contribution in [-0.4, -0.2) is 25.3 Å². The smallest absolute Gasteiger partial charge is 0.858 e. The summed E-state index contributed by atoms with van der Waals surface area (Å²) in [7, 11) is -2.76. The Morgan fingerprint density at radius 2 is 1.91 bits per heavy atom. The van der Waals surface area contributed by atoms with Crippen molar-refractivity contribution in [2.75, 3.05) is 0 Å². The van der Waals surface area contributed by atoms with Crippen LogP contribution in [-0.2, 0) is 11.6 Å². The zero-order valence-corrected chi connectivity index (χ0v) is 26.1. The van der Waals surface area contributed by atoms with Crippen LogP contribution in [0.2, 0.25) is 4.34 Å². The molecule has 2 aromatic carbocycles. The van der Waals surface area contributed by atoms with Gasteiger partial charge in [0.05, 0.1) is 6.20 Å². The zero-order valence-electron chi connectivity index (χ0n) is 18.8. The zero-order chi connectivity index (χ0) is 23.6. The van der Waals surface area contributed by atoms with Gasteiger partial charge in [0.2, 0.25) is 5.13 Å². The summed E-state index contributed by atoms with van der Waals surface area (Å²) in [5.74, 6) is 0.108. The van der Waals surface area contributed by atoms with Crippen molar-refractivity contribution in [1.82, 2.24) is 14.5 Å². The normalized spacial score (nSPS) is 12.9. The molecule has 170 valence electrons. The Morgan fingerprint density at radius 3 is 2.49 bits per heavy atom. The molecule has 0 bridgehead atoms. The van der Waals surface area contributed by atoms with Crippen molar-refractivity contribution in [2.45, 2.75) is 10.1 Å². The molecule has 15 heteroatoms. The van der Waals surface area contributed by atoms with E-state index in [1.807, 2.05) is 11.6 Å². The third-order valence-electron chi connectivity index (χ3n) is 4.17. The average molecular weight is 567 g/mol. The van der Waals surface area contributed by atoms with E-state index in [0.717, 1.165) is 11.3 Å². The van der Waals surface area contributed by atoms with E-state index in [2.05, 4.69) is 15.0 Å². The van der Waals surface area contributed by atoms with E-state index in [1.165, 1.54) is 48.3 Å². The van der Waals surface area contributed by atoms with Crippen molar-refractivity contribution >= 4 is 58.6 Å². The number of imidazole rings is 1. The summed E-state index contributed by atoms with van der Waals surface area (Å²) in [5, 5.41) is 13.5. The summed E-state index contributed by atoms with van der Waals surface area (Å²) in [6.07, 6.45) is 4.87.